The fourth-order valence-electron chi connectivity index (χ4n) is 18.6. The Bertz CT molecular complexity index is 6060. The molecule has 0 aliphatic carbocycles. The number of nitrogens with zero attached hydrogens (tertiary/aromatic N) is 10. The Morgan fingerprint density at radius 3 is 1.53 bits per heavy atom. The number of anilines is 5. The summed E-state index contributed by atoms with van der Waals surface area (Å²) in [5.74, 6) is 2.70. The molecular weight excluding hydrogens is 1630 g/mol. The minimum absolute atomic E-state index is 0.195. The first kappa shape index (κ1) is 87.1. The van der Waals surface area contributed by atoms with E-state index in [1.165, 1.54) is 60.5 Å². The first-order valence-corrected chi connectivity index (χ1v) is 46.5. The Hall–Kier alpha value is -12.0. The molecule has 0 bridgehead atoms. The topological polar surface area (TPSA) is 270 Å². The van der Waals surface area contributed by atoms with Crippen LogP contribution in [0, 0.1) is 31.6 Å². The fraction of sp³-hybridized carbons (Fsp3) is 0.396. The van der Waals surface area contributed by atoms with Crippen molar-refractivity contribution in [3.05, 3.63) is 225 Å². The summed E-state index contributed by atoms with van der Waals surface area (Å²) in [5.41, 5.74) is 14.0. The number of fused-ring (bicyclic) bond motifs is 5. The molecule has 658 valence electrons. The van der Waals surface area contributed by atoms with Gasteiger partial charge in [0.05, 0.1) is 50.8 Å². The maximum Gasteiger partial charge on any atom is 0.358 e. The van der Waals surface area contributed by atoms with Gasteiger partial charge in [0.2, 0.25) is 11.8 Å². The lowest BCUT2D eigenvalue weighted by atomic mass is 9.90. The number of benzene rings is 7. The molecule has 7 aromatic carbocycles. The van der Waals surface area contributed by atoms with E-state index < -0.39 is 29.1 Å². The number of ether oxygens (including phenoxy) is 4. The Morgan fingerprint density at radius 2 is 1.02 bits per heavy atom. The summed E-state index contributed by atoms with van der Waals surface area (Å²) in [6.07, 6.45) is 11.4. The van der Waals surface area contributed by atoms with Crippen LogP contribution in [0.3, 0.4) is 0 Å². The maximum atomic E-state index is 14.1. The van der Waals surface area contributed by atoms with Gasteiger partial charge in [-0.1, -0.05) is 95.5 Å². The number of likely N-dealkylation sites (tertiary alicyclic amines) is 1. The van der Waals surface area contributed by atoms with Crippen molar-refractivity contribution in [1.82, 2.24) is 45.2 Å². The van der Waals surface area contributed by atoms with Gasteiger partial charge >= 0.3 is 11.9 Å². The van der Waals surface area contributed by atoms with Gasteiger partial charge in [-0.3, -0.25) is 39.8 Å². The first-order valence-electron chi connectivity index (χ1n) is 44.8. The predicted molar refractivity (Wildman–Crippen MR) is 502 cm³/mol. The van der Waals surface area contributed by atoms with Crippen molar-refractivity contribution in [2.75, 3.05) is 97.4 Å². The molecule has 1 unspecified atom stereocenters. The highest BCUT2D eigenvalue weighted by Gasteiger charge is 2.36. The molecule has 127 heavy (non-hydrogen) atoms. The van der Waals surface area contributed by atoms with Gasteiger partial charge in [-0.15, -0.1) is 0 Å². The molecular formula is C101H112N14O10S2. The summed E-state index contributed by atoms with van der Waals surface area (Å²) in [5, 5.41) is 18.8. The molecule has 0 spiro atoms. The number of para-hydroxylation sites is 2. The number of carbonyl (C=O) groups is 6. The Balaban J connectivity index is 0.000000191. The van der Waals surface area contributed by atoms with E-state index in [1.807, 2.05) is 201 Å². The second-order valence-electron chi connectivity index (χ2n) is 36.5. The highest BCUT2D eigenvalue weighted by Crippen LogP contribution is 2.41. The number of esters is 2. The number of thiazole rings is 2. The van der Waals surface area contributed by atoms with Gasteiger partial charge in [-0.25, -0.2) is 29.5 Å². The minimum Gasteiger partial charge on any atom is -0.493 e. The van der Waals surface area contributed by atoms with Crippen LogP contribution in [-0.2, 0) is 52.0 Å². The van der Waals surface area contributed by atoms with Crippen molar-refractivity contribution in [2.24, 2.45) is 24.8 Å². The summed E-state index contributed by atoms with van der Waals surface area (Å²) in [7, 11) is 1.92. The van der Waals surface area contributed by atoms with Gasteiger partial charge < -0.3 is 43.9 Å². The van der Waals surface area contributed by atoms with Crippen LogP contribution in [0.25, 0.3) is 53.6 Å². The normalized spacial score (nSPS) is 16.6. The number of carbonyl (C=O) groups excluding carboxylic acids is 6. The number of pyridine rings is 2. The molecule has 0 saturated carbocycles. The Kier molecular flexibility index (Phi) is 26.0. The van der Waals surface area contributed by atoms with E-state index in [-0.39, 0.29) is 35.0 Å². The van der Waals surface area contributed by atoms with Crippen molar-refractivity contribution < 1.29 is 47.7 Å². The molecule has 6 aliphatic rings. The van der Waals surface area contributed by atoms with E-state index >= 15 is 0 Å². The van der Waals surface area contributed by atoms with E-state index in [9.17, 15) is 28.8 Å². The van der Waals surface area contributed by atoms with Crippen LogP contribution in [0.5, 0.6) is 11.5 Å². The number of amides is 4. The van der Waals surface area contributed by atoms with E-state index in [0.29, 0.717) is 115 Å². The number of imide groups is 1. The number of hydrogen-bond acceptors (Lipinski definition) is 22. The summed E-state index contributed by atoms with van der Waals surface area (Å²) >= 11 is 2.91. The van der Waals surface area contributed by atoms with Crippen molar-refractivity contribution in [3.8, 4) is 33.8 Å². The Labute approximate surface area is 749 Å². The van der Waals surface area contributed by atoms with Gasteiger partial charge in [0.25, 0.3) is 11.8 Å². The largest absolute Gasteiger partial charge is 0.493 e. The van der Waals surface area contributed by atoms with E-state index in [2.05, 4.69) is 81.2 Å². The molecule has 0 radical (unpaired) electrons. The number of hydrogen-bond donors (Lipinski definition) is 4. The third-order valence-corrected chi connectivity index (χ3v) is 27.2. The molecule has 4 saturated heterocycles. The molecule has 18 rings (SSSR count). The molecule has 1 atom stereocenters. The monoisotopic (exact) mass is 1740 g/mol. The second-order valence-corrected chi connectivity index (χ2v) is 38.6. The van der Waals surface area contributed by atoms with Crippen LogP contribution in [0.2, 0.25) is 0 Å². The Morgan fingerprint density at radius 1 is 0.520 bits per heavy atom. The number of rotatable bonds is 24. The second kappa shape index (κ2) is 37.9. The van der Waals surface area contributed by atoms with Crippen LogP contribution >= 0.6 is 22.7 Å². The van der Waals surface area contributed by atoms with E-state index in [1.54, 1.807) is 0 Å². The summed E-state index contributed by atoms with van der Waals surface area (Å²) in [6, 6.07) is 53.7. The number of aromatic nitrogens is 6. The number of piperidine rings is 3. The van der Waals surface area contributed by atoms with Crippen molar-refractivity contribution in [2.45, 2.75) is 163 Å². The number of aryl methyl sites for hydroxylation is 1. The first-order chi connectivity index (χ1) is 61.3. The SMILES string of the molecule is Cc1c(OCCCC2CCN(CC3CN(c4ccc5c(C6CCC(=O)NC6=O)nn(C)c5c4)C3)CC2)cccc1-c1ccc(N2CCc3cccc(C(=O)Nc4nc5ccccc5s4)c3C2)nc1C(=O)OC(C)(C)C.Cc1c(OCCCC2CCNCC2)cccc1-c1ccc(N2CCc3cccc(C(=O)Nc4nc5ccccc5s4)c3C2)nc1C(=O)OC(C)(C)C. The maximum absolute atomic E-state index is 14.1. The predicted octanol–water partition coefficient (Wildman–Crippen LogP) is 18.4. The summed E-state index contributed by atoms with van der Waals surface area (Å²) in [6.45, 7) is 26.4. The van der Waals surface area contributed by atoms with Gasteiger partial charge in [0, 0.05) is 98.5 Å². The van der Waals surface area contributed by atoms with Crippen LogP contribution in [0.15, 0.2) is 164 Å². The average Bonchev–Trinajstić information content (AvgIpc) is 1.72. The highest BCUT2D eigenvalue weighted by molar-refractivity contribution is 7.22. The third-order valence-electron chi connectivity index (χ3n) is 25.3. The molecule has 4 amide bonds. The lowest BCUT2D eigenvalue weighted by Crippen LogP contribution is -2.52. The van der Waals surface area contributed by atoms with Gasteiger partial charge in [0.1, 0.15) is 34.3 Å². The molecule has 24 nitrogen and oxygen atoms in total. The minimum atomic E-state index is -0.731. The lowest BCUT2D eigenvalue weighted by Gasteiger charge is -2.44. The van der Waals surface area contributed by atoms with Gasteiger partial charge in [-0.05, 0) is 300 Å². The van der Waals surface area contributed by atoms with E-state index in [4.69, 9.17) is 34.0 Å². The number of nitrogens with one attached hydrogen (secondary N) is 4. The molecule has 6 aliphatic heterocycles. The quantitative estimate of drug-likeness (QED) is 0.0249. The zero-order chi connectivity index (χ0) is 88.2. The van der Waals surface area contributed by atoms with Crippen molar-refractivity contribution in [3.63, 3.8) is 0 Å². The molecule has 5 aromatic heterocycles. The zero-order valence-corrected chi connectivity index (χ0v) is 75.6. The average molecular weight is 1750 g/mol. The molecule has 4 N–H and O–H groups in total. The van der Waals surface area contributed by atoms with Crippen LogP contribution in [-0.4, -0.2) is 154 Å². The third kappa shape index (κ3) is 20.2. The van der Waals surface area contributed by atoms with Gasteiger partial charge in [0.15, 0.2) is 21.7 Å². The standard InChI is InChI=1S/C59H65N9O6S.C42H47N5O4S/c1-36-41(42-20-22-51(61-54(42)57(72)74-59(2,3)4)67-29-26-39-12-8-14-43(46(39)35-67)55(70)63-58-60-47-15-6-7-17-50(47)75-58)13-9-16-49(36)73-30-10-11-37-24-27-66(28-25-37)32-38-33-68(34-38)40-18-19-44-48(31-40)65(5)64-53(44)45-21-23-52(69)62-56(45)71;1-27-30(12-8-15-35(27)50-25-9-10-28-19-22-43-23-20-28)31-17-18-37(45-38(31)40(49)51-42(2,3)4)47-24-21-29-11-7-13-32(33(29)26-47)39(48)46-41-44-34-14-5-6-16-36(34)52-41/h6-9,12-20,22,31,37-38,45H,10-11,21,23-30,32-35H2,1-5H3,(H,60,63,70)(H,62,69,71);5-8,11-18,28,43H,9-10,19-26H2,1-4H3,(H,44,46,48). The smallest absolute Gasteiger partial charge is 0.358 e. The molecule has 12 aromatic rings. The highest BCUT2D eigenvalue weighted by atomic mass is 32.1. The lowest BCUT2D eigenvalue weighted by molar-refractivity contribution is -0.134. The molecule has 4 fully saturated rings. The van der Waals surface area contributed by atoms with Crippen molar-refractivity contribution in [1.29, 1.82) is 0 Å². The van der Waals surface area contributed by atoms with Crippen LogP contribution in [0.4, 0.5) is 27.6 Å². The van der Waals surface area contributed by atoms with E-state index in [0.717, 1.165) is 170 Å². The summed E-state index contributed by atoms with van der Waals surface area (Å²) in [4.78, 5) is 108. The molecule has 26 heteroatoms. The van der Waals surface area contributed by atoms with Crippen molar-refractivity contribution >= 4 is 117 Å². The van der Waals surface area contributed by atoms with Crippen LogP contribution in [0.1, 0.15) is 192 Å². The fourth-order valence-corrected chi connectivity index (χ4v) is 20.3. The van der Waals surface area contributed by atoms with Gasteiger partial charge in [-0.2, -0.15) is 5.10 Å². The molecule has 11 heterocycles. The zero-order valence-electron chi connectivity index (χ0n) is 73.9. The van der Waals surface area contributed by atoms with Crippen LogP contribution < -0.4 is 45.4 Å². The summed E-state index contributed by atoms with van der Waals surface area (Å²) < 4.78 is 28.6.